The third-order valence-electron chi connectivity index (χ3n) is 1.90. The molecular weight excluding hydrogens is 246 g/mol. The summed E-state index contributed by atoms with van der Waals surface area (Å²) in [5, 5.41) is 25.8. The molecule has 0 aromatic heterocycles. The van der Waals surface area contributed by atoms with E-state index in [4.69, 9.17) is 20.2 Å². The van der Waals surface area contributed by atoms with Gasteiger partial charge in [0.25, 0.3) is 5.91 Å². The molecule has 1 aromatic carbocycles. The molecular formula is C10H9NO7. The van der Waals surface area contributed by atoms with Gasteiger partial charge in [-0.25, -0.2) is 15.1 Å². The molecule has 0 spiro atoms. The van der Waals surface area contributed by atoms with Crippen molar-refractivity contribution in [1.82, 2.24) is 5.48 Å². The molecule has 0 saturated heterocycles. The van der Waals surface area contributed by atoms with Gasteiger partial charge in [-0.1, -0.05) is 0 Å². The van der Waals surface area contributed by atoms with E-state index in [0.29, 0.717) is 0 Å². The zero-order valence-electron chi connectivity index (χ0n) is 8.91. The van der Waals surface area contributed by atoms with Crippen LogP contribution >= 0.6 is 0 Å². The average molecular weight is 255 g/mol. The van der Waals surface area contributed by atoms with Gasteiger partial charge in [0.1, 0.15) is 5.75 Å². The van der Waals surface area contributed by atoms with E-state index in [1.54, 1.807) is 0 Å². The Bertz CT molecular complexity index is 465. The Kier molecular flexibility index (Phi) is 4.22. The van der Waals surface area contributed by atoms with Gasteiger partial charge in [-0.2, -0.15) is 0 Å². The van der Waals surface area contributed by atoms with Gasteiger partial charge in [-0.15, -0.1) is 0 Å². The second-order valence-electron chi connectivity index (χ2n) is 3.18. The highest BCUT2D eigenvalue weighted by molar-refractivity contribution is 5.94. The second-order valence-corrected chi connectivity index (χ2v) is 3.18. The number of rotatable bonds is 5. The third kappa shape index (κ3) is 3.46. The second kappa shape index (κ2) is 5.64. The maximum absolute atomic E-state index is 10.8. The average Bonchev–Trinajstić information content (AvgIpc) is 2.35. The number of carboxylic acids is 2. The fourth-order valence-electron chi connectivity index (χ4n) is 1.11. The molecule has 0 aliphatic rings. The number of hydroxylamine groups is 1. The summed E-state index contributed by atoms with van der Waals surface area (Å²) < 4.78 is 4.84. The van der Waals surface area contributed by atoms with Crippen LogP contribution in [0, 0.1) is 0 Å². The first-order valence-electron chi connectivity index (χ1n) is 4.61. The number of carbonyl (C=O) groups excluding carboxylic acids is 1. The van der Waals surface area contributed by atoms with Crippen LogP contribution in [-0.4, -0.2) is 39.9 Å². The van der Waals surface area contributed by atoms with E-state index in [1.165, 1.54) is 5.48 Å². The number of hydrogen-bond donors (Lipinski definition) is 4. The van der Waals surface area contributed by atoms with Gasteiger partial charge in [-0.05, 0) is 18.2 Å². The van der Waals surface area contributed by atoms with Gasteiger partial charge in [0, 0.05) is 0 Å². The molecule has 8 nitrogen and oxygen atoms in total. The molecule has 0 atom stereocenters. The number of nitrogens with one attached hydrogen (secondary N) is 1. The maximum atomic E-state index is 10.8. The van der Waals surface area contributed by atoms with Crippen LogP contribution in [0.25, 0.3) is 0 Å². The number of ether oxygens (including phenoxy) is 1. The Balaban J connectivity index is 3.00. The smallest absolute Gasteiger partial charge is 0.335 e. The van der Waals surface area contributed by atoms with E-state index in [9.17, 15) is 14.4 Å². The first-order valence-corrected chi connectivity index (χ1v) is 4.61. The monoisotopic (exact) mass is 255 g/mol. The lowest BCUT2D eigenvalue weighted by Gasteiger charge is -2.07. The zero-order chi connectivity index (χ0) is 13.7. The van der Waals surface area contributed by atoms with Crippen LogP contribution in [-0.2, 0) is 4.79 Å². The van der Waals surface area contributed by atoms with E-state index in [-0.39, 0.29) is 16.9 Å². The fraction of sp³-hybridized carbons (Fsp3) is 0.100. The van der Waals surface area contributed by atoms with Gasteiger partial charge in [0.2, 0.25) is 0 Å². The van der Waals surface area contributed by atoms with E-state index in [2.05, 4.69) is 0 Å². The molecule has 0 saturated carbocycles. The van der Waals surface area contributed by atoms with Crippen molar-refractivity contribution >= 4 is 17.8 Å². The molecule has 18 heavy (non-hydrogen) atoms. The summed E-state index contributed by atoms with van der Waals surface area (Å²) in [5.74, 6) is -3.60. The standard InChI is InChI=1S/C10H9NO7/c12-8(11-17)4-18-7-2-5(9(13)14)1-6(3-7)10(15)16/h1-3,17H,4H2,(H,11,12)(H,13,14)(H,15,16). The number of benzene rings is 1. The van der Waals surface area contributed by atoms with Gasteiger partial charge >= 0.3 is 11.9 Å². The fourth-order valence-corrected chi connectivity index (χ4v) is 1.11. The lowest BCUT2D eigenvalue weighted by Crippen LogP contribution is -2.25. The van der Waals surface area contributed by atoms with Crippen molar-refractivity contribution < 1.29 is 34.5 Å². The van der Waals surface area contributed by atoms with Gasteiger partial charge < -0.3 is 14.9 Å². The summed E-state index contributed by atoms with van der Waals surface area (Å²) in [5.41, 5.74) is 0.747. The summed E-state index contributed by atoms with van der Waals surface area (Å²) >= 11 is 0. The highest BCUT2D eigenvalue weighted by Crippen LogP contribution is 2.17. The number of carboxylic acid groups (broad SMARTS) is 2. The van der Waals surface area contributed by atoms with Crippen molar-refractivity contribution in [3.05, 3.63) is 29.3 Å². The summed E-state index contributed by atoms with van der Waals surface area (Å²) in [6.45, 7) is -0.571. The minimum absolute atomic E-state index is 0.101. The topological polar surface area (TPSA) is 133 Å². The summed E-state index contributed by atoms with van der Waals surface area (Å²) in [6.07, 6.45) is 0. The van der Waals surface area contributed by atoms with Crippen molar-refractivity contribution in [2.45, 2.75) is 0 Å². The van der Waals surface area contributed by atoms with E-state index in [0.717, 1.165) is 18.2 Å². The Morgan fingerprint density at radius 1 is 1.06 bits per heavy atom. The van der Waals surface area contributed by atoms with Crippen LogP contribution in [0.5, 0.6) is 5.75 Å². The quantitative estimate of drug-likeness (QED) is 0.428. The normalized spacial score (nSPS) is 9.61. The van der Waals surface area contributed by atoms with Gasteiger partial charge in [0.05, 0.1) is 11.1 Å². The highest BCUT2D eigenvalue weighted by Gasteiger charge is 2.12. The van der Waals surface area contributed by atoms with Crippen LogP contribution in [0.1, 0.15) is 20.7 Å². The van der Waals surface area contributed by atoms with Crippen molar-refractivity contribution in [2.24, 2.45) is 0 Å². The largest absolute Gasteiger partial charge is 0.484 e. The van der Waals surface area contributed by atoms with Crippen LogP contribution in [0.4, 0.5) is 0 Å². The highest BCUT2D eigenvalue weighted by atomic mass is 16.5. The Morgan fingerprint density at radius 3 is 1.94 bits per heavy atom. The molecule has 0 unspecified atom stereocenters. The van der Waals surface area contributed by atoms with E-state index in [1.807, 2.05) is 0 Å². The van der Waals surface area contributed by atoms with Crippen molar-refractivity contribution in [2.75, 3.05) is 6.61 Å². The Morgan fingerprint density at radius 2 is 1.56 bits per heavy atom. The van der Waals surface area contributed by atoms with Crippen molar-refractivity contribution in [3.8, 4) is 5.75 Å². The molecule has 1 amide bonds. The Hall–Kier alpha value is -2.61. The molecule has 4 N–H and O–H groups in total. The number of hydrogen-bond acceptors (Lipinski definition) is 5. The number of amides is 1. The molecule has 0 bridgehead atoms. The molecule has 1 rings (SSSR count). The van der Waals surface area contributed by atoms with Crippen LogP contribution in [0.2, 0.25) is 0 Å². The zero-order valence-corrected chi connectivity index (χ0v) is 8.91. The first-order chi connectivity index (χ1) is 8.43. The molecule has 8 heteroatoms. The Labute approximate surface area is 100 Å². The molecule has 0 radical (unpaired) electrons. The maximum Gasteiger partial charge on any atom is 0.335 e. The van der Waals surface area contributed by atoms with Crippen LogP contribution in [0.3, 0.4) is 0 Å². The minimum atomic E-state index is -1.32. The molecule has 0 aliphatic heterocycles. The summed E-state index contributed by atoms with van der Waals surface area (Å²) in [7, 11) is 0. The summed E-state index contributed by atoms with van der Waals surface area (Å²) in [4.78, 5) is 32.2. The van der Waals surface area contributed by atoms with Crippen molar-refractivity contribution in [1.29, 1.82) is 0 Å². The molecule has 1 aromatic rings. The molecule has 0 heterocycles. The van der Waals surface area contributed by atoms with E-state index >= 15 is 0 Å². The lowest BCUT2D eigenvalue weighted by atomic mass is 10.1. The molecule has 96 valence electrons. The van der Waals surface area contributed by atoms with Crippen molar-refractivity contribution in [3.63, 3.8) is 0 Å². The third-order valence-corrected chi connectivity index (χ3v) is 1.90. The van der Waals surface area contributed by atoms with Gasteiger partial charge in [0.15, 0.2) is 6.61 Å². The van der Waals surface area contributed by atoms with Crippen LogP contribution < -0.4 is 10.2 Å². The number of aromatic carboxylic acids is 2. The summed E-state index contributed by atoms with van der Waals surface area (Å²) in [6, 6.07) is 3.10. The van der Waals surface area contributed by atoms with Crippen LogP contribution in [0.15, 0.2) is 18.2 Å². The van der Waals surface area contributed by atoms with Gasteiger partial charge in [-0.3, -0.25) is 10.0 Å². The predicted octanol–water partition coefficient (Wildman–Crippen LogP) is -0.0328. The molecule has 0 fully saturated rings. The molecule has 0 aliphatic carbocycles. The first kappa shape index (κ1) is 13.5. The lowest BCUT2D eigenvalue weighted by molar-refractivity contribution is -0.131. The SMILES string of the molecule is O=C(COc1cc(C(=O)O)cc(C(=O)O)c1)NO. The minimum Gasteiger partial charge on any atom is -0.484 e. The number of carbonyl (C=O) groups is 3. The van der Waals surface area contributed by atoms with E-state index < -0.39 is 24.5 Å². The predicted molar refractivity (Wildman–Crippen MR) is 55.8 cm³/mol.